The van der Waals surface area contributed by atoms with Crippen molar-refractivity contribution < 1.29 is 27.3 Å². The number of rotatable bonds is 4. The molecule has 1 aromatic rings. The number of ether oxygens (including phenoxy) is 1. The molecule has 118 valence electrons. The lowest BCUT2D eigenvalue weighted by molar-refractivity contribution is -0.150. The van der Waals surface area contributed by atoms with E-state index < -0.39 is 10.1 Å². The highest BCUT2D eigenvalue weighted by molar-refractivity contribution is 7.85. The first-order chi connectivity index (χ1) is 9.59. The molecule has 1 N–H and O–H groups in total. The minimum absolute atomic E-state index is 0.196. The molecule has 1 aromatic carbocycles. The average molecular weight is 317 g/mol. The Balaban J connectivity index is 0.000000690. The zero-order valence-electron chi connectivity index (χ0n) is 12.1. The van der Waals surface area contributed by atoms with Crippen LogP contribution in [0.15, 0.2) is 30.3 Å². The molecule has 0 atom stereocenters. The van der Waals surface area contributed by atoms with Crippen LogP contribution in [0.2, 0.25) is 0 Å². The number of benzene rings is 1. The van der Waals surface area contributed by atoms with Crippen molar-refractivity contribution in [2.75, 3.05) is 27.0 Å². The van der Waals surface area contributed by atoms with Gasteiger partial charge in [-0.05, 0) is 5.56 Å². The third-order valence-corrected chi connectivity index (χ3v) is 2.05. The van der Waals surface area contributed by atoms with Gasteiger partial charge in [0.2, 0.25) is 0 Å². The maximum Gasteiger partial charge on any atom is 0.310 e. The Labute approximate surface area is 124 Å². The van der Waals surface area contributed by atoms with Gasteiger partial charge in [0.05, 0.1) is 12.7 Å². The Bertz CT molecular complexity index is 545. The maximum absolute atomic E-state index is 11.3. The molecular formula is C13H19NO6S. The van der Waals surface area contributed by atoms with E-state index in [1.807, 2.05) is 30.3 Å². The smallest absolute Gasteiger partial charge is 0.310 e. The lowest BCUT2D eigenvalue weighted by atomic mass is 10.2. The van der Waals surface area contributed by atoms with Gasteiger partial charge in [-0.25, -0.2) is 0 Å². The minimum Gasteiger partial charge on any atom is -0.455 e. The largest absolute Gasteiger partial charge is 0.455 e. The summed E-state index contributed by atoms with van der Waals surface area (Å²) < 4.78 is 30.7. The van der Waals surface area contributed by atoms with Gasteiger partial charge in [0.15, 0.2) is 6.61 Å². The van der Waals surface area contributed by atoms with Crippen molar-refractivity contribution in [3.8, 4) is 0 Å². The molecule has 7 nitrogen and oxygen atoms in total. The fourth-order valence-corrected chi connectivity index (χ4v) is 1.08. The molecule has 0 aliphatic rings. The first-order valence-corrected chi connectivity index (χ1v) is 7.76. The van der Waals surface area contributed by atoms with Crippen molar-refractivity contribution in [1.82, 2.24) is 4.90 Å². The fraction of sp³-hybridized carbons (Fsp3) is 0.385. The molecule has 0 unspecified atom stereocenters. The van der Waals surface area contributed by atoms with Gasteiger partial charge in [-0.2, -0.15) is 8.42 Å². The number of esters is 1. The first-order valence-electron chi connectivity index (χ1n) is 5.91. The van der Waals surface area contributed by atoms with Crippen molar-refractivity contribution in [3.05, 3.63) is 35.9 Å². The van der Waals surface area contributed by atoms with Crippen LogP contribution in [0.5, 0.6) is 0 Å². The van der Waals surface area contributed by atoms with E-state index in [-0.39, 0.29) is 24.9 Å². The summed E-state index contributed by atoms with van der Waals surface area (Å²) in [5, 5.41) is 0. The fourth-order valence-electron chi connectivity index (χ4n) is 1.08. The summed E-state index contributed by atoms with van der Waals surface area (Å²) in [5.41, 5.74) is 0.879. The van der Waals surface area contributed by atoms with Crippen LogP contribution < -0.4 is 0 Å². The molecule has 0 saturated heterocycles. The zero-order valence-corrected chi connectivity index (χ0v) is 13.0. The summed E-state index contributed by atoms with van der Waals surface area (Å²) >= 11 is 0. The Morgan fingerprint density at radius 1 is 1.19 bits per heavy atom. The molecule has 0 fully saturated rings. The van der Waals surface area contributed by atoms with Crippen molar-refractivity contribution in [2.45, 2.75) is 6.42 Å². The highest BCUT2D eigenvalue weighted by atomic mass is 32.2. The molecule has 1 rings (SSSR count). The molecule has 0 radical (unpaired) electrons. The van der Waals surface area contributed by atoms with Crippen LogP contribution in [0.4, 0.5) is 0 Å². The summed E-state index contributed by atoms with van der Waals surface area (Å²) in [5.74, 6) is -0.609. The second-order valence-electron chi connectivity index (χ2n) is 4.34. The number of hydrogen-bond donors (Lipinski definition) is 1. The van der Waals surface area contributed by atoms with Gasteiger partial charge in [0.1, 0.15) is 0 Å². The average Bonchev–Trinajstić information content (AvgIpc) is 2.35. The predicted octanol–water partition coefficient (Wildman–Crippen LogP) is 0.364. The number of hydrogen-bond acceptors (Lipinski definition) is 5. The molecule has 0 aromatic heterocycles. The lowest BCUT2D eigenvalue weighted by Gasteiger charge is -2.10. The highest BCUT2D eigenvalue weighted by Crippen LogP contribution is 2.00. The molecule has 0 aliphatic heterocycles. The highest BCUT2D eigenvalue weighted by Gasteiger charge is 2.09. The monoisotopic (exact) mass is 317 g/mol. The molecule has 0 bridgehead atoms. The Morgan fingerprint density at radius 2 is 1.67 bits per heavy atom. The van der Waals surface area contributed by atoms with E-state index in [0.717, 1.165) is 5.56 Å². The molecule has 0 saturated carbocycles. The predicted molar refractivity (Wildman–Crippen MR) is 77.3 cm³/mol. The molecule has 21 heavy (non-hydrogen) atoms. The summed E-state index contributed by atoms with van der Waals surface area (Å²) in [6, 6.07) is 9.27. The number of carbonyl (C=O) groups is 2. The van der Waals surface area contributed by atoms with Crippen LogP contribution >= 0.6 is 0 Å². The minimum atomic E-state index is -3.67. The van der Waals surface area contributed by atoms with Crippen molar-refractivity contribution >= 4 is 22.0 Å². The second-order valence-corrected chi connectivity index (χ2v) is 5.81. The van der Waals surface area contributed by atoms with Crippen LogP contribution in [0.25, 0.3) is 0 Å². The quantitative estimate of drug-likeness (QED) is 0.636. The van der Waals surface area contributed by atoms with Gasteiger partial charge >= 0.3 is 5.97 Å². The number of likely N-dealkylation sites (N-methyl/N-ethyl adjacent to an activating group) is 1. The van der Waals surface area contributed by atoms with Crippen LogP contribution in [-0.2, 0) is 30.9 Å². The number of carbonyl (C=O) groups excluding carboxylic acids is 2. The van der Waals surface area contributed by atoms with Gasteiger partial charge in [0, 0.05) is 14.1 Å². The van der Waals surface area contributed by atoms with E-state index in [4.69, 9.17) is 9.29 Å². The van der Waals surface area contributed by atoms with Crippen LogP contribution in [0.1, 0.15) is 5.56 Å². The van der Waals surface area contributed by atoms with Crippen LogP contribution in [-0.4, -0.2) is 56.7 Å². The molecule has 1 amide bonds. The summed E-state index contributed by atoms with van der Waals surface area (Å²) in [6.07, 6.45) is 0.911. The van der Waals surface area contributed by atoms with E-state index in [1.54, 1.807) is 14.1 Å². The van der Waals surface area contributed by atoms with Crippen molar-refractivity contribution in [2.24, 2.45) is 0 Å². The van der Waals surface area contributed by atoms with E-state index >= 15 is 0 Å². The maximum atomic E-state index is 11.3. The molecule has 0 spiro atoms. The third-order valence-electron chi connectivity index (χ3n) is 2.05. The van der Waals surface area contributed by atoms with Gasteiger partial charge in [-0.1, -0.05) is 30.3 Å². The Morgan fingerprint density at radius 3 is 2.10 bits per heavy atom. The normalized spacial score (nSPS) is 10.1. The lowest BCUT2D eigenvalue weighted by Crippen LogP contribution is -2.27. The van der Waals surface area contributed by atoms with Gasteiger partial charge in [0.25, 0.3) is 16.0 Å². The van der Waals surface area contributed by atoms with E-state index in [0.29, 0.717) is 6.26 Å². The topological polar surface area (TPSA) is 101 Å². The van der Waals surface area contributed by atoms with Gasteiger partial charge in [-0.15, -0.1) is 0 Å². The SMILES string of the molecule is CN(C)C(=O)COC(=O)Cc1ccccc1.CS(=O)(=O)O. The van der Waals surface area contributed by atoms with Crippen LogP contribution in [0.3, 0.4) is 0 Å². The van der Waals surface area contributed by atoms with Crippen molar-refractivity contribution in [3.63, 3.8) is 0 Å². The molecule has 0 aliphatic carbocycles. The number of nitrogens with zero attached hydrogens (tertiary/aromatic N) is 1. The summed E-state index contributed by atoms with van der Waals surface area (Å²) in [4.78, 5) is 23.9. The summed E-state index contributed by atoms with van der Waals surface area (Å²) in [7, 11) is -0.430. The van der Waals surface area contributed by atoms with Gasteiger partial charge in [-0.3, -0.25) is 14.1 Å². The van der Waals surface area contributed by atoms with Crippen molar-refractivity contribution in [1.29, 1.82) is 0 Å². The second kappa shape index (κ2) is 9.09. The van der Waals surface area contributed by atoms with E-state index in [2.05, 4.69) is 0 Å². The van der Waals surface area contributed by atoms with Gasteiger partial charge < -0.3 is 9.64 Å². The Kier molecular flexibility index (Phi) is 8.25. The molecule has 0 heterocycles. The van der Waals surface area contributed by atoms with E-state index in [9.17, 15) is 18.0 Å². The summed E-state index contributed by atoms with van der Waals surface area (Å²) in [6.45, 7) is -0.196. The number of amides is 1. The molecular weight excluding hydrogens is 298 g/mol. The third kappa shape index (κ3) is 12.8. The zero-order chi connectivity index (χ0) is 16.5. The standard InChI is InChI=1S/C12H15NO3.CH4O3S/c1-13(2)11(14)9-16-12(15)8-10-6-4-3-5-7-10;1-5(2,3)4/h3-7H,8-9H2,1-2H3;1H3,(H,2,3,4). The molecule has 8 heteroatoms. The van der Waals surface area contributed by atoms with Crippen LogP contribution in [0, 0.1) is 0 Å². The Hall–Kier alpha value is -1.93. The first kappa shape index (κ1) is 19.1. The van der Waals surface area contributed by atoms with E-state index in [1.165, 1.54) is 4.90 Å².